The summed E-state index contributed by atoms with van der Waals surface area (Å²) in [5.74, 6) is 0.589. The molecule has 0 saturated carbocycles. The Labute approximate surface area is 379 Å². The molecule has 0 aliphatic heterocycles. The van der Waals surface area contributed by atoms with Crippen LogP contribution in [0, 0.1) is 0 Å². The second-order valence-electron chi connectivity index (χ2n) is 16.7. The lowest BCUT2D eigenvalue weighted by Gasteiger charge is -2.35. The van der Waals surface area contributed by atoms with Crippen LogP contribution in [0.5, 0.6) is 0 Å². The SMILES string of the molecule is c1ccc(-c2ccc(-c3nc4ccc(N(c5cc(-c6ccccc6)cc(-c6ccccc6)c5)c5ccc6c(c5)C(c5ccccc5)(c5ccccc5)c5ccccc5-6)cc4o3)cc2)cc1. The first kappa shape index (κ1) is 38.2. The van der Waals surface area contributed by atoms with E-state index in [2.05, 4.69) is 254 Å². The van der Waals surface area contributed by atoms with Gasteiger partial charge in [0.15, 0.2) is 5.58 Å². The van der Waals surface area contributed by atoms with Crippen LogP contribution in [0.4, 0.5) is 17.1 Å². The van der Waals surface area contributed by atoms with E-state index in [0.717, 1.165) is 56.0 Å². The average Bonchev–Trinajstić information content (AvgIpc) is 3.95. The summed E-state index contributed by atoms with van der Waals surface area (Å²) in [4.78, 5) is 7.40. The summed E-state index contributed by atoms with van der Waals surface area (Å²) in [5.41, 5.74) is 19.2. The van der Waals surface area contributed by atoms with Gasteiger partial charge < -0.3 is 9.32 Å². The molecular formula is C62H42N2O. The quantitative estimate of drug-likeness (QED) is 0.145. The second-order valence-corrected chi connectivity index (χ2v) is 16.7. The molecule has 0 radical (unpaired) electrons. The fourth-order valence-electron chi connectivity index (χ4n) is 9.97. The van der Waals surface area contributed by atoms with E-state index in [0.29, 0.717) is 11.5 Å². The fraction of sp³-hybridized carbons (Fsp3) is 0.0161. The topological polar surface area (TPSA) is 29.3 Å². The van der Waals surface area contributed by atoms with E-state index in [-0.39, 0.29) is 0 Å². The molecule has 0 amide bonds. The van der Waals surface area contributed by atoms with Crippen molar-refractivity contribution in [1.82, 2.24) is 4.98 Å². The Hall–Kier alpha value is -8.53. The van der Waals surface area contributed by atoms with Crippen LogP contribution in [0.2, 0.25) is 0 Å². The number of hydrogen-bond acceptors (Lipinski definition) is 3. The summed E-state index contributed by atoms with van der Waals surface area (Å²) in [5, 5.41) is 0. The van der Waals surface area contributed by atoms with Gasteiger partial charge in [0.2, 0.25) is 5.89 Å². The Morgan fingerprint density at radius 3 is 1.38 bits per heavy atom. The maximum Gasteiger partial charge on any atom is 0.227 e. The number of rotatable bonds is 9. The molecule has 10 aromatic carbocycles. The van der Waals surface area contributed by atoms with E-state index in [9.17, 15) is 0 Å². The lowest BCUT2D eigenvalue weighted by atomic mass is 9.67. The lowest BCUT2D eigenvalue weighted by molar-refractivity contribution is 0.620. The van der Waals surface area contributed by atoms with Crippen LogP contribution in [0.25, 0.3) is 67.1 Å². The van der Waals surface area contributed by atoms with Crippen molar-refractivity contribution < 1.29 is 4.42 Å². The number of aromatic nitrogens is 1. The van der Waals surface area contributed by atoms with Crippen LogP contribution in [0.3, 0.4) is 0 Å². The van der Waals surface area contributed by atoms with Crippen molar-refractivity contribution in [3.8, 4) is 56.0 Å². The minimum absolute atomic E-state index is 0.558. The van der Waals surface area contributed by atoms with Crippen molar-refractivity contribution in [2.24, 2.45) is 0 Å². The number of benzene rings is 10. The summed E-state index contributed by atoms with van der Waals surface area (Å²) in [6, 6.07) is 91.5. The highest BCUT2D eigenvalue weighted by Crippen LogP contribution is 2.57. The van der Waals surface area contributed by atoms with Crippen LogP contribution in [0.1, 0.15) is 22.3 Å². The molecule has 0 atom stereocenters. The molecule has 0 N–H and O–H groups in total. The van der Waals surface area contributed by atoms with Crippen molar-refractivity contribution in [2.45, 2.75) is 5.41 Å². The van der Waals surface area contributed by atoms with Gasteiger partial charge in [0.05, 0.1) is 5.41 Å². The second kappa shape index (κ2) is 16.0. The predicted molar refractivity (Wildman–Crippen MR) is 268 cm³/mol. The van der Waals surface area contributed by atoms with Gasteiger partial charge in [0.25, 0.3) is 0 Å². The van der Waals surface area contributed by atoms with Gasteiger partial charge in [-0.1, -0.05) is 194 Å². The zero-order valence-electron chi connectivity index (χ0n) is 35.6. The first-order chi connectivity index (χ1) is 32.2. The predicted octanol–water partition coefficient (Wildman–Crippen LogP) is 16.3. The van der Waals surface area contributed by atoms with E-state index in [4.69, 9.17) is 9.40 Å². The molecule has 1 heterocycles. The van der Waals surface area contributed by atoms with Gasteiger partial charge in [-0.3, -0.25) is 0 Å². The molecule has 0 saturated heterocycles. The molecule has 0 unspecified atom stereocenters. The Morgan fingerprint density at radius 1 is 0.323 bits per heavy atom. The van der Waals surface area contributed by atoms with E-state index in [1.165, 1.54) is 38.9 Å². The van der Waals surface area contributed by atoms with E-state index in [1.54, 1.807) is 0 Å². The maximum atomic E-state index is 6.68. The molecule has 12 rings (SSSR count). The molecule has 1 aromatic heterocycles. The number of fused-ring (bicyclic) bond motifs is 4. The summed E-state index contributed by atoms with van der Waals surface area (Å²) in [6.45, 7) is 0. The minimum Gasteiger partial charge on any atom is -0.436 e. The molecule has 1 aliphatic rings. The molecule has 306 valence electrons. The van der Waals surface area contributed by atoms with Gasteiger partial charge >= 0.3 is 0 Å². The molecule has 0 bridgehead atoms. The first-order valence-electron chi connectivity index (χ1n) is 22.2. The van der Waals surface area contributed by atoms with E-state index < -0.39 is 5.41 Å². The van der Waals surface area contributed by atoms with Crippen LogP contribution in [0.15, 0.2) is 259 Å². The standard InChI is InChI=1S/C62H42N2O/c1-6-18-43(19-7-1)46-30-32-47(33-31-46)61-63-59-37-35-53(42-60(59)65-61)64(54-39-48(44-20-8-2-9-21-44)38-49(40-54)45-22-10-3-11-23-45)52-34-36-56-55-28-16-17-29-57(55)62(58(56)41-52,50-24-12-4-13-25-50)51-26-14-5-15-27-51/h1-42H. The van der Waals surface area contributed by atoms with Crippen molar-refractivity contribution in [3.05, 3.63) is 277 Å². The molecule has 1 aliphatic carbocycles. The molecular weight excluding hydrogens is 789 g/mol. The normalized spacial score (nSPS) is 12.4. The van der Waals surface area contributed by atoms with Crippen LogP contribution >= 0.6 is 0 Å². The molecule has 3 heteroatoms. The summed E-state index contributed by atoms with van der Waals surface area (Å²) < 4.78 is 6.68. The van der Waals surface area contributed by atoms with Crippen molar-refractivity contribution in [1.29, 1.82) is 0 Å². The molecule has 3 nitrogen and oxygen atoms in total. The van der Waals surface area contributed by atoms with Gasteiger partial charge in [-0.15, -0.1) is 0 Å². The van der Waals surface area contributed by atoms with Crippen LogP contribution in [-0.2, 0) is 5.41 Å². The average molecular weight is 831 g/mol. The number of hydrogen-bond donors (Lipinski definition) is 0. The van der Waals surface area contributed by atoms with E-state index >= 15 is 0 Å². The van der Waals surface area contributed by atoms with Crippen LogP contribution < -0.4 is 4.90 Å². The number of nitrogens with zero attached hydrogens (tertiary/aromatic N) is 2. The highest BCUT2D eigenvalue weighted by Gasteiger charge is 2.46. The number of anilines is 3. The smallest absolute Gasteiger partial charge is 0.227 e. The van der Waals surface area contributed by atoms with Gasteiger partial charge in [0, 0.05) is 28.7 Å². The largest absolute Gasteiger partial charge is 0.436 e. The fourth-order valence-corrected chi connectivity index (χ4v) is 9.97. The monoisotopic (exact) mass is 830 g/mol. The first-order valence-corrected chi connectivity index (χ1v) is 22.2. The highest BCUT2D eigenvalue weighted by molar-refractivity contribution is 5.92. The van der Waals surface area contributed by atoms with Gasteiger partial charge in [0.1, 0.15) is 5.52 Å². The molecule has 0 spiro atoms. The Kier molecular flexibility index (Phi) is 9.39. The van der Waals surface area contributed by atoms with Gasteiger partial charge in [-0.2, -0.15) is 0 Å². The number of oxazole rings is 1. The summed E-state index contributed by atoms with van der Waals surface area (Å²) >= 11 is 0. The maximum absolute atomic E-state index is 6.68. The van der Waals surface area contributed by atoms with Crippen molar-refractivity contribution in [2.75, 3.05) is 4.90 Å². The van der Waals surface area contributed by atoms with Gasteiger partial charge in [-0.05, 0) is 121 Å². The zero-order chi connectivity index (χ0) is 43.2. The third-order valence-corrected chi connectivity index (χ3v) is 13.0. The molecule has 0 fully saturated rings. The Morgan fingerprint density at radius 2 is 0.785 bits per heavy atom. The summed E-state index contributed by atoms with van der Waals surface area (Å²) in [6.07, 6.45) is 0. The Balaban J connectivity index is 1.08. The summed E-state index contributed by atoms with van der Waals surface area (Å²) in [7, 11) is 0. The highest BCUT2D eigenvalue weighted by atomic mass is 16.3. The molecule has 11 aromatic rings. The van der Waals surface area contributed by atoms with Gasteiger partial charge in [-0.25, -0.2) is 4.98 Å². The van der Waals surface area contributed by atoms with Crippen molar-refractivity contribution in [3.63, 3.8) is 0 Å². The minimum atomic E-state index is -0.558. The third-order valence-electron chi connectivity index (χ3n) is 13.0. The molecule has 65 heavy (non-hydrogen) atoms. The van der Waals surface area contributed by atoms with E-state index in [1.807, 2.05) is 6.07 Å². The van der Waals surface area contributed by atoms with Crippen LogP contribution in [-0.4, -0.2) is 4.98 Å². The van der Waals surface area contributed by atoms with Crippen molar-refractivity contribution >= 4 is 28.2 Å². The zero-order valence-corrected chi connectivity index (χ0v) is 35.6. The lowest BCUT2D eigenvalue weighted by Crippen LogP contribution is -2.28. The Bertz CT molecular complexity index is 3360. The third kappa shape index (κ3) is 6.65.